The molecule has 1 amide bonds. The standard InChI is InChI=1S/C34H34FN5O2/c1-2-3-5-11-26(35)16-17-30(41)37-34(19-8-20-34)25-14-12-24(13-15-25)31-27(23-9-6-4-7-10-23)22-28-29(36-31)18-21-40-32(28)38-39-33(40)42/h4,6-7,9-10,12-18,21-22,26H,2-3,5,8,11,19-20H2,1H3,(H,37,41)(H,39,42)/p+1/b17-16+. The van der Waals surface area contributed by atoms with E-state index in [0.717, 1.165) is 77.4 Å². The average molecular weight is 565 g/mol. The van der Waals surface area contributed by atoms with Crippen LogP contribution < -0.4 is 16.0 Å². The van der Waals surface area contributed by atoms with Crippen LogP contribution in [0.2, 0.25) is 0 Å². The summed E-state index contributed by atoms with van der Waals surface area (Å²) in [6.45, 7) is 2.09. The number of hydrogen-bond donors (Lipinski definition) is 2. The maximum atomic E-state index is 14.2. The van der Waals surface area contributed by atoms with Gasteiger partial charge in [-0.1, -0.05) is 68.7 Å². The second-order valence-electron chi connectivity index (χ2n) is 11.2. The van der Waals surface area contributed by atoms with Crippen LogP contribution in [-0.2, 0) is 10.3 Å². The highest BCUT2D eigenvalue weighted by Gasteiger charge is 2.39. The van der Waals surface area contributed by atoms with E-state index in [9.17, 15) is 14.0 Å². The van der Waals surface area contributed by atoms with Crippen molar-refractivity contribution in [2.24, 2.45) is 0 Å². The lowest BCUT2D eigenvalue weighted by molar-refractivity contribution is -0.330. The molecule has 8 heteroatoms. The summed E-state index contributed by atoms with van der Waals surface area (Å²) in [4.78, 5) is 28.5. The minimum atomic E-state index is -1.10. The van der Waals surface area contributed by atoms with E-state index in [1.54, 1.807) is 6.20 Å². The Kier molecular flexibility index (Phi) is 7.69. The van der Waals surface area contributed by atoms with Gasteiger partial charge in [0.25, 0.3) is 0 Å². The zero-order valence-electron chi connectivity index (χ0n) is 23.7. The number of rotatable bonds is 10. The summed E-state index contributed by atoms with van der Waals surface area (Å²) in [6, 6.07) is 22.3. The summed E-state index contributed by atoms with van der Waals surface area (Å²) in [5.41, 5.74) is 5.68. The number of amides is 1. The van der Waals surface area contributed by atoms with Crippen molar-refractivity contribution in [3.63, 3.8) is 0 Å². The molecule has 1 atom stereocenters. The number of pyridine rings is 2. The Morgan fingerprint density at radius 1 is 1.12 bits per heavy atom. The highest BCUT2D eigenvalue weighted by atomic mass is 19.1. The number of allylic oxidation sites excluding steroid dienone is 1. The number of fused-ring (bicyclic) bond motifs is 3. The molecular formula is C34H35FN5O2+. The van der Waals surface area contributed by atoms with Gasteiger partial charge in [-0.05, 0) is 61.1 Å². The quantitative estimate of drug-likeness (QED) is 0.154. The Morgan fingerprint density at radius 2 is 1.90 bits per heavy atom. The Morgan fingerprint density at radius 3 is 2.62 bits per heavy atom. The van der Waals surface area contributed by atoms with Crippen molar-refractivity contribution in [3.8, 4) is 22.4 Å². The molecule has 0 radical (unpaired) electrons. The van der Waals surface area contributed by atoms with Crippen LogP contribution in [0.25, 0.3) is 38.9 Å². The second-order valence-corrected chi connectivity index (χ2v) is 11.2. The van der Waals surface area contributed by atoms with Crippen molar-refractivity contribution in [1.29, 1.82) is 0 Å². The van der Waals surface area contributed by atoms with Crippen molar-refractivity contribution in [2.45, 2.75) is 63.6 Å². The van der Waals surface area contributed by atoms with Crippen LogP contribution >= 0.6 is 0 Å². The van der Waals surface area contributed by atoms with E-state index in [1.807, 2.05) is 24.3 Å². The minimum Gasteiger partial charge on any atom is -0.343 e. The molecule has 0 bridgehead atoms. The first-order chi connectivity index (χ1) is 20.5. The number of carbonyl (C=O) groups excluding carboxylic acids is 1. The van der Waals surface area contributed by atoms with Crippen LogP contribution in [0, 0.1) is 0 Å². The summed E-state index contributed by atoms with van der Waals surface area (Å²) >= 11 is 0. The number of carbonyl (C=O) groups is 1. The number of alkyl halides is 1. The van der Waals surface area contributed by atoms with Crippen molar-refractivity contribution in [1.82, 2.24) is 19.9 Å². The summed E-state index contributed by atoms with van der Waals surface area (Å²) in [5.74, 6) is -0.255. The van der Waals surface area contributed by atoms with Gasteiger partial charge in [-0.2, -0.15) is 5.10 Å². The topological polar surface area (TPSA) is 93.4 Å². The predicted molar refractivity (Wildman–Crippen MR) is 163 cm³/mol. The van der Waals surface area contributed by atoms with Crippen LogP contribution in [0.5, 0.6) is 0 Å². The van der Waals surface area contributed by atoms with Gasteiger partial charge in [0, 0.05) is 23.9 Å². The molecular weight excluding hydrogens is 529 g/mol. The van der Waals surface area contributed by atoms with Crippen LogP contribution in [0.3, 0.4) is 0 Å². The lowest BCUT2D eigenvalue weighted by Crippen LogP contribution is -2.50. The van der Waals surface area contributed by atoms with E-state index in [0.29, 0.717) is 12.1 Å². The molecule has 2 aromatic carbocycles. The van der Waals surface area contributed by atoms with Crippen molar-refractivity contribution in [3.05, 3.63) is 101 Å². The SMILES string of the molecule is CCCCCC(F)/C=C/C(=O)NC1(c2ccc(-c3[nH+]c4ccn5c(=O)[nH]nc5c4cc3-c3ccccc3)cc2)CCC1. The van der Waals surface area contributed by atoms with Gasteiger partial charge < -0.3 is 5.32 Å². The van der Waals surface area contributed by atoms with Gasteiger partial charge in [-0.15, -0.1) is 0 Å². The first-order valence-corrected chi connectivity index (χ1v) is 14.7. The number of aromatic amines is 2. The molecule has 1 fully saturated rings. The Labute approximate surface area is 243 Å². The Bertz CT molecular complexity index is 1800. The first kappa shape index (κ1) is 27.6. The molecule has 0 aliphatic heterocycles. The van der Waals surface area contributed by atoms with Gasteiger partial charge in [-0.25, -0.2) is 23.7 Å². The number of halogens is 1. The average Bonchev–Trinajstić information content (AvgIpc) is 3.39. The van der Waals surface area contributed by atoms with E-state index in [1.165, 1.54) is 16.6 Å². The smallest absolute Gasteiger partial charge is 0.343 e. The number of H-pyrrole nitrogens is 2. The maximum absolute atomic E-state index is 14.2. The van der Waals surface area contributed by atoms with Gasteiger partial charge in [-0.3, -0.25) is 4.79 Å². The molecule has 3 N–H and O–H groups in total. The largest absolute Gasteiger partial charge is 0.347 e. The molecule has 1 aliphatic rings. The fourth-order valence-corrected chi connectivity index (χ4v) is 5.86. The number of nitrogens with zero attached hydrogens (tertiary/aromatic N) is 2. The monoisotopic (exact) mass is 564 g/mol. The molecule has 1 saturated carbocycles. The van der Waals surface area contributed by atoms with Gasteiger partial charge in [0.15, 0.2) is 5.65 Å². The van der Waals surface area contributed by atoms with Gasteiger partial charge >= 0.3 is 5.69 Å². The second kappa shape index (κ2) is 11.7. The molecule has 7 nitrogen and oxygen atoms in total. The number of aromatic nitrogens is 4. The third-order valence-electron chi connectivity index (χ3n) is 8.36. The fourth-order valence-electron chi connectivity index (χ4n) is 5.86. The van der Waals surface area contributed by atoms with Gasteiger partial charge in [0.05, 0.1) is 16.5 Å². The molecule has 0 saturated heterocycles. The molecule has 42 heavy (non-hydrogen) atoms. The molecule has 3 heterocycles. The number of benzene rings is 2. The zero-order chi connectivity index (χ0) is 29.1. The summed E-state index contributed by atoms with van der Waals surface area (Å²) in [7, 11) is 0. The number of unbranched alkanes of at least 4 members (excludes halogenated alkanes) is 2. The van der Waals surface area contributed by atoms with Gasteiger partial charge in [0.1, 0.15) is 6.17 Å². The number of nitrogens with one attached hydrogen (secondary N) is 3. The van der Waals surface area contributed by atoms with Crippen molar-refractivity contribution >= 4 is 22.5 Å². The van der Waals surface area contributed by atoms with E-state index in [-0.39, 0.29) is 11.6 Å². The summed E-state index contributed by atoms with van der Waals surface area (Å²) in [5, 5.41) is 10.8. The van der Waals surface area contributed by atoms with Crippen LogP contribution in [0.15, 0.2) is 89.9 Å². The maximum Gasteiger partial charge on any atom is 0.347 e. The fraction of sp³-hybridized carbons (Fsp3) is 0.294. The third kappa shape index (κ3) is 5.36. The summed E-state index contributed by atoms with van der Waals surface area (Å²) < 4.78 is 15.7. The predicted octanol–water partition coefficient (Wildman–Crippen LogP) is 6.29. The Balaban J connectivity index is 1.31. The van der Waals surface area contributed by atoms with Crippen molar-refractivity contribution in [2.75, 3.05) is 0 Å². The molecule has 0 spiro atoms. The summed E-state index contributed by atoms with van der Waals surface area (Å²) in [6.07, 6.45) is 9.38. The van der Waals surface area contributed by atoms with Crippen LogP contribution in [0.4, 0.5) is 4.39 Å². The van der Waals surface area contributed by atoms with Gasteiger partial charge in [0.2, 0.25) is 17.1 Å². The third-order valence-corrected chi connectivity index (χ3v) is 8.36. The zero-order valence-corrected chi connectivity index (χ0v) is 23.7. The lowest BCUT2D eigenvalue weighted by Gasteiger charge is -2.43. The molecule has 5 aromatic rings. The van der Waals surface area contributed by atoms with Crippen LogP contribution in [-0.4, -0.2) is 26.7 Å². The van der Waals surface area contributed by atoms with E-state index < -0.39 is 11.7 Å². The lowest BCUT2D eigenvalue weighted by atomic mass is 9.71. The van der Waals surface area contributed by atoms with E-state index in [4.69, 9.17) is 0 Å². The van der Waals surface area contributed by atoms with Crippen LogP contribution in [0.1, 0.15) is 57.4 Å². The normalized spacial score (nSPS) is 15.2. The molecule has 6 rings (SSSR count). The first-order valence-electron chi connectivity index (χ1n) is 14.7. The Hall–Kier alpha value is -4.59. The minimum absolute atomic E-state index is 0.255. The molecule has 214 valence electrons. The highest BCUT2D eigenvalue weighted by Crippen LogP contribution is 2.42. The highest BCUT2D eigenvalue weighted by molar-refractivity contribution is 5.95. The van der Waals surface area contributed by atoms with Crippen molar-refractivity contribution < 1.29 is 14.2 Å². The molecule has 1 aliphatic carbocycles. The van der Waals surface area contributed by atoms with E-state index >= 15 is 0 Å². The molecule has 1 unspecified atom stereocenters. The van der Waals surface area contributed by atoms with E-state index in [2.05, 4.69) is 69.9 Å². The number of hydrogen-bond acceptors (Lipinski definition) is 3. The molecule has 3 aromatic heterocycles.